The van der Waals surface area contributed by atoms with Crippen molar-refractivity contribution in [3.8, 4) is 0 Å². The van der Waals surface area contributed by atoms with Gasteiger partial charge in [0.25, 0.3) is 5.91 Å². The largest absolute Gasteiger partial charge is 0.313 e. The van der Waals surface area contributed by atoms with Crippen molar-refractivity contribution in [2.45, 2.75) is 42.4 Å². The van der Waals surface area contributed by atoms with E-state index in [0.717, 1.165) is 31.2 Å². The summed E-state index contributed by atoms with van der Waals surface area (Å²) in [5, 5.41) is 11.8. The van der Waals surface area contributed by atoms with Crippen molar-refractivity contribution in [2.75, 3.05) is 5.32 Å². The van der Waals surface area contributed by atoms with E-state index in [0.29, 0.717) is 16.3 Å². The minimum Gasteiger partial charge on any atom is -0.313 e. The Kier molecular flexibility index (Phi) is 5.58. The Hall–Kier alpha value is -2.77. The molecule has 1 amide bonds. The standard InChI is InChI=1S/C23H22N2O3S2/c1-15(24)21-19-9-5-6-10-20(19)29-23(21)25-22(26)16-11-13-18(14-12-16)30(27,28)17-7-3-2-4-8-17/h2-4,7-8,11-14,24H,5-6,9-10H2,1H3,(H,25,26). The summed E-state index contributed by atoms with van der Waals surface area (Å²) in [7, 11) is -3.62. The van der Waals surface area contributed by atoms with Gasteiger partial charge in [-0.05, 0) is 74.6 Å². The number of anilines is 1. The fourth-order valence-electron chi connectivity index (χ4n) is 3.75. The minimum atomic E-state index is -3.62. The third kappa shape index (κ3) is 3.82. The van der Waals surface area contributed by atoms with Gasteiger partial charge >= 0.3 is 0 Å². The highest BCUT2D eigenvalue weighted by molar-refractivity contribution is 7.91. The average Bonchev–Trinajstić information content (AvgIpc) is 3.12. The summed E-state index contributed by atoms with van der Waals surface area (Å²) in [5.41, 5.74) is 2.86. The van der Waals surface area contributed by atoms with Crippen LogP contribution in [0.5, 0.6) is 0 Å². The summed E-state index contributed by atoms with van der Waals surface area (Å²) in [6, 6.07) is 14.2. The van der Waals surface area contributed by atoms with Gasteiger partial charge in [-0.3, -0.25) is 4.79 Å². The number of thiophene rings is 1. The Labute approximate surface area is 180 Å². The van der Waals surface area contributed by atoms with Crippen LogP contribution in [-0.4, -0.2) is 20.0 Å². The Bertz CT molecular complexity index is 1210. The molecule has 2 aromatic carbocycles. The van der Waals surface area contributed by atoms with Crippen molar-refractivity contribution in [3.05, 3.63) is 76.2 Å². The first kappa shape index (κ1) is 20.5. The monoisotopic (exact) mass is 438 g/mol. The number of carbonyl (C=O) groups is 1. The second-order valence-corrected chi connectivity index (χ2v) is 10.4. The van der Waals surface area contributed by atoms with Crippen molar-refractivity contribution >= 4 is 37.8 Å². The van der Waals surface area contributed by atoms with Gasteiger partial charge in [-0.2, -0.15) is 0 Å². The van der Waals surface area contributed by atoms with E-state index >= 15 is 0 Å². The molecule has 1 aliphatic rings. The van der Waals surface area contributed by atoms with Crippen molar-refractivity contribution in [1.29, 1.82) is 5.41 Å². The van der Waals surface area contributed by atoms with Crippen LogP contribution in [0.25, 0.3) is 0 Å². The number of fused-ring (bicyclic) bond motifs is 1. The van der Waals surface area contributed by atoms with Gasteiger partial charge in [0.2, 0.25) is 9.84 Å². The van der Waals surface area contributed by atoms with Crippen LogP contribution in [0.3, 0.4) is 0 Å². The number of amides is 1. The quantitative estimate of drug-likeness (QED) is 0.543. The molecule has 0 atom stereocenters. The zero-order valence-corrected chi connectivity index (χ0v) is 18.2. The lowest BCUT2D eigenvalue weighted by molar-refractivity contribution is 0.102. The molecule has 30 heavy (non-hydrogen) atoms. The summed E-state index contributed by atoms with van der Waals surface area (Å²) < 4.78 is 25.4. The third-order valence-electron chi connectivity index (χ3n) is 5.25. The van der Waals surface area contributed by atoms with Crippen LogP contribution < -0.4 is 5.32 Å². The lowest BCUT2D eigenvalue weighted by atomic mass is 9.94. The highest BCUT2D eigenvalue weighted by atomic mass is 32.2. The van der Waals surface area contributed by atoms with Gasteiger partial charge < -0.3 is 10.7 Å². The number of rotatable bonds is 5. The molecule has 4 rings (SSSR count). The van der Waals surface area contributed by atoms with Gasteiger partial charge in [-0.15, -0.1) is 11.3 Å². The fraction of sp³-hybridized carbons (Fsp3) is 0.217. The van der Waals surface area contributed by atoms with Crippen LogP contribution >= 0.6 is 11.3 Å². The normalized spacial score (nSPS) is 13.5. The molecule has 0 spiro atoms. The molecule has 154 valence electrons. The van der Waals surface area contributed by atoms with E-state index in [1.165, 1.54) is 34.7 Å². The molecule has 0 unspecified atom stereocenters. The first-order valence-electron chi connectivity index (χ1n) is 9.79. The molecule has 0 saturated heterocycles. The second kappa shape index (κ2) is 8.16. The van der Waals surface area contributed by atoms with Gasteiger partial charge in [0.05, 0.1) is 9.79 Å². The lowest BCUT2D eigenvalue weighted by Crippen LogP contribution is -2.14. The van der Waals surface area contributed by atoms with E-state index < -0.39 is 9.84 Å². The SMILES string of the molecule is CC(=N)c1c(NC(=O)c2ccc(S(=O)(=O)c3ccccc3)cc2)sc2c1CCCC2. The van der Waals surface area contributed by atoms with Crippen molar-refractivity contribution in [3.63, 3.8) is 0 Å². The minimum absolute atomic E-state index is 0.146. The van der Waals surface area contributed by atoms with Crippen LogP contribution in [0.1, 0.15) is 46.1 Å². The molecule has 1 heterocycles. The van der Waals surface area contributed by atoms with E-state index in [4.69, 9.17) is 5.41 Å². The van der Waals surface area contributed by atoms with Gasteiger partial charge in [0.15, 0.2) is 0 Å². The molecule has 3 aromatic rings. The first-order chi connectivity index (χ1) is 14.4. The summed E-state index contributed by atoms with van der Waals surface area (Å²) in [4.78, 5) is 14.4. The first-order valence-corrected chi connectivity index (χ1v) is 12.1. The van der Waals surface area contributed by atoms with E-state index in [1.54, 1.807) is 48.6 Å². The molecule has 2 N–H and O–H groups in total. The summed E-state index contributed by atoms with van der Waals surface area (Å²) in [6.45, 7) is 1.75. The molecule has 0 fully saturated rings. The Morgan fingerprint density at radius 3 is 2.27 bits per heavy atom. The van der Waals surface area contributed by atoms with Crippen molar-refractivity contribution < 1.29 is 13.2 Å². The van der Waals surface area contributed by atoms with Crippen LogP contribution in [0, 0.1) is 5.41 Å². The summed E-state index contributed by atoms with van der Waals surface area (Å²) >= 11 is 1.55. The fourth-order valence-corrected chi connectivity index (χ4v) is 6.37. The molecule has 0 radical (unpaired) electrons. The van der Waals surface area contributed by atoms with Gasteiger partial charge in [0.1, 0.15) is 5.00 Å². The highest BCUT2D eigenvalue weighted by Gasteiger charge is 2.23. The molecular formula is C23H22N2O3S2. The van der Waals surface area contributed by atoms with Crippen LogP contribution in [0.15, 0.2) is 64.4 Å². The van der Waals surface area contributed by atoms with E-state index in [1.807, 2.05) is 0 Å². The molecular weight excluding hydrogens is 416 g/mol. The number of carbonyl (C=O) groups excluding carboxylic acids is 1. The zero-order valence-electron chi connectivity index (χ0n) is 16.6. The number of aryl methyl sites for hydroxylation is 1. The maximum atomic E-state index is 12.8. The molecule has 0 aliphatic heterocycles. The number of hydrogen-bond donors (Lipinski definition) is 2. The topological polar surface area (TPSA) is 87.1 Å². The Balaban J connectivity index is 1.58. The van der Waals surface area contributed by atoms with E-state index in [-0.39, 0.29) is 15.7 Å². The van der Waals surface area contributed by atoms with Crippen molar-refractivity contribution in [1.82, 2.24) is 0 Å². The molecule has 1 aliphatic carbocycles. The maximum absolute atomic E-state index is 12.8. The van der Waals surface area contributed by atoms with Crippen LogP contribution in [0.4, 0.5) is 5.00 Å². The summed E-state index contributed by atoms with van der Waals surface area (Å²) in [6.07, 6.45) is 4.17. The average molecular weight is 439 g/mol. The number of hydrogen-bond acceptors (Lipinski definition) is 5. The van der Waals surface area contributed by atoms with E-state index in [2.05, 4.69) is 5.32 Å². The van der Waals surface area contributed by atoms with Gasteiger partial charge in [-0.25, -0.2) is 8.42 Å². The smallest absolute Gasteiger partial charge is 0.256 e. The van der Waals surface area contributed by atoms with Gasteiger partial charge in [0, 0.05) is 21.7 Å². The molecule has 5 nitrogen and oxygen atoms in total. The van der Waals surface area contributed by atoms with Crippen LogP contribution in [-0.2, 0) is 22.7 Å². The third-order valence-corrected chi connectivity index (χ3v) is 8.25. The predicted octanol–water partition coefficient (Wildman–Crippen LogP) is 5.10. The predicted molar refractivity (Wildman–Crippen MR) is 120 cm³/mol. The summed E-state index contributed by atoms with van der Waals surface area (Å²) in [5.74, 6) is -0.306. The molecule has 1 aromatic heterocycles. The molecule has 0 bridgehead atoms. The lowest BCUT2D eigenvalue weighted by Gasteiger charge is -2.12. The van der Waals surface area contributed by atoms with Gasteiger partial charge in [-0.1, -0.05) is 18.2 Å². The second-order valence-electron chi connectivity index (χ2n) is 7.34. The van der Waals surface area contributed by atoms with Crippen LogP contribution in [0.2, 0.25) is 0 Å². The highest BCUT2D eigenvalue weighted by Crippen LogP contribution is 2.38. The number of nitrogens with one attached hydrogen (secondary N) is 2. The zero-order chi connectivity index (χ0) is 21.3. The molecule has 0 saturated carbocycles. The number of benzene rings is 2. The molecule has 7 heteroatoms. The Morgan fingerprint density at radius 2 is 1.60 bits per heavy atom. The maximum Gasteiger partial charge on any atom is 0.256 e. The number of sulfone groups is 1. The van der Waals surface area contributed by atoms with Crippen molar-refractivity contribution in [2.24, 2.45) is 0 Å². The Morgan fingerprint density at radius 1 is 0.967 bits per heavy atom. The van der Waals surface area contributed by atoms with E-state index in [9.17, 15) is 13.2 Å².